The van der Waals surface area contributed by atoms with Gasteiger partial charge in [-0.25, -0.2) is 15.0 Å². The first-order valence-corrected chi connectivity index (χ1v) is 13.7. The lowest BCUT2D eigenvalue weighted by atomic mass is 10.1. The van der Waals surface area contributed by atoms with Gasteiger partial charge in [-0.05, 0) is 70.0 Å². The summed E-state index contributed by atoms with van der Waals surface area (Å²) in [4.78, 5) is 27.1. The van der Waals surface area contributed by atoms with Crippen LogP contribution in [0.25, 0.3) is 39.5 Å². The number of pyridine rings is 2. The SMILES string of the molecule is COc1c(Br)cccc1C(=O)NCc1ccc(-n2c(-c3cccnc3N)nc3ccc(-c4ccccc4)nc32)cc1. The van der Waals surface area contributed by atoms with Crippen LogP contribution in [0.5, 0.6) is 5.75 Å². The summed E-state index contributed by atoms with van der Waals surface area (Å²) in [6.45, 7) is 0.346. The zero-order valence-electron chi connectivity index (χ0n) is 22.1. The molecule has 3 aromatic heterocycles. The van der Waals surface area contributed by atoms with E-state index in [9.17, 15) is 4.79 Å². The van der Waals surface area contributed by atoms with Gasteiger partial charge in [-0.3, -0.25) is 9.36 Å². The molecule has 3 heterocycles. The molecular formula is C32H25BrN6O2. The Kier molecular flexibility index (Phi) is 7.18. The minimum atomic E-state index is -0.222. The van der Waals surface area contributed by atoms with E-state index >= 15 is 0 Å². The fourth-order valence-corrected chi connectivity index (χ4v) is 5.22. The van der Waals surface area contributed by atoms with E-state index in [1.54, 1.807) is 25.4 Å². The third-order valence-corrected chi connectivity index (χ3v) is 7.34. The summed E-state index contributed by atoms with van der Waals surface area (Å²) >= 11 is 3.43. The third-order valence-electron chi connectivity index (χ3n) is 6.72. The van der Waals surface area contributed by atoms with Crippen molar-refractivity contribution in [1.29, 1.82) is 0 Å². The van der Waals surface area contributed by atoms with Crippen LogP contribution >= 0.6 is 15.9 Å². The summed E-state index contributed by atoms with van der Waals surface area (Å²) in [5.74, 6) is 1.30. The van der Waals surface area contributed by atoms with E-state index in [1.807, 2.05) is 89.5 Å². The minimum Gasteiger partial charge on any atom is -0.495 e. The Bertz CT molecular complexity index is 1870. The molecule has 3 N–H and O–H groups in total. The summed E-state index contributed by atoms with van der Waals surface area (Å²) in [6.07, 6.45) is 1.66. The normalized spacial score (nSPS) is 11.0. The number of ether oxygens (including phenoxy) is 1. The van der Waals surface area contributed by atoms with Crippen molar-refractivity contribution in [3.8, 4) is 34.1 Å². The predicted molar refractivity (Wildman–Crippen MR) is 164 cm³/mol. The van der Waals surface area contributed by atoms with Gasteiger partial charge < -0.3 is 15.8 Å². The maximum atomic E-state index is 12.9. The van der Waals surface area contributed by atoms with Gasteiger partial charge >= 0.3 is 0 Å². The number of rotatable bonds is 7. The number of para-hydroxylation sites is 1. The summed E-state index contributed by atoms with van der Waals surface area (Å²) in [5, 5.41) is 2.98. The maximum Gasteiger partial charge on any atom is 0.255 e. The van der Waals surface area contributed by atoms with Gasteiger partial charge in [-0.15, -0.1) is 0 Å². The van der Waals surface area contributed by atoms with Gasteiger partial charge in [0.2, 0.25) is 0 Å². The van der Waals surface area contributed by atoms with Crippen molar-refractivity contribution < 1.29 is 9.53 Å². The van der Waals surface area contributed by atoms with Gasteiger partial charge in [0.1, 0.15) is 17.1 Å². The number of fused-ring (bicyclic) bond motifs is 1. The number of hydrogen-bond acceptors (Lipinski definition) is 6. The summed E-state index contributed by atoms with van der Waals surface area (Å²) < 4.78 is 8.11. The second-order valence-electron chi connectivity index (χ2n) is 9.28. The topological polar surface area (TPSA) is 108 Å². The lowest BCUT2D eigenvalue weighted by Crippen LogP contribution is -2.23. The van der Waals surface area contributed by atoms with Gasteiger partial charge in [-0.2, -0.15) is 0 Å². The Hall–Kier alpha value is -5.02. The molecule has 0 aliphatic carbocycles. The number of methoxy groups -OCH3 is 1. The van der Waals surface area contributed by atoms with Crippen LogP contribution in [0.3, 0.4) is 0 Å². The number of nitrogen functional groups attached to an aromatic ring is 1. The van der Waals surface area contributed by atoms with E-state index in [0.29, 0.717) is 40.7 Å². The predicted octanol–water partition coefficient (Wildman–Crippen LogP) is 6.43. The molecule has 41 heavy (non-hydrogen) atoms. The van der Waals surface area contributed by atoms with E-state index in [1.165, 1.54) is 0 Å². The summed E-state index contributed by atoms with van der Waals surface area (Å²) in [5.41, 5.74) is 12.5. The zero-order valence-corrected chi connectivity index (χ0v) is 23.7. The average molecular weight is 605 g/mol. The molecule has 0 bridgehead atoms. The first kappa shape index (κ1) is 26.2. The Morgan fingerprint density at radius 2 is 1.73 bits per heavy atom. The Balaban J connectivity index is 1.36. The highest BCUT2D eigenvalue weighted by molar-refractivity contribution is 9.10. The van der Waals surface area contributed by atoms with E-state index in [4.69, 9.17) is 20.4 Å². The molecule has 0 radical (unpaired) electrons. The number of carbonyl (C=O) groups is 1. The highest BCUT2D eigenvalue weighted by Gasteiger charge is 2.19. The van der Waals surface area contributed by atoms with Crippen molar-refractivity contribution in [2.24, 2.45) is 0 Å². The van der Waals surface area contributed by atoms with Crippen LogP contribution in [0.15, 0.2) is 108 Å². The molecule has 0 saturated heterocycles. The molecule has 0 saturated carbocycles. The molecule has 6 aromatic rings. The van der Waals surface area contributed by atoms with Crippen LogP contribution in [0, 0.1) is 0 Å². The number of halogens is 1. The molecule has 1 amide bonds. The number of benzene rings is 3. The van der Waals surface area contributed by atoms with Crippen LogP contribution in [-0.4, -0.2) is 32.5 Å². The number of carbonyl (C=O) groups excluding carboxylic acids is 1. The molecule has 0 aliphatic heterocycles. The maximum absolute atomic E-state index is 12.9. The van der Waals surface area contributed by atoms with Crippen molar-refractivity contribution in [1.82, 2.24) is 24.8 Å². The van der Waals surface area contributed by atoms with Crippen LogP contribution in [0.1, 0.15) is 15.9 Å². The van der Waals surface area contributed by atoms with Crippen molar-refractivity contribution in [2.45, 2.75) is 6.54 Å². The molecular weight excluding hydrogens is 580 g/mol. The number of nitrogens with one attached hydrogen (secondary N) is 1. The van der Waals surface area contributed by atoms with E-state index < -0.39 is 0 Å². The second-order valence-corrected chi connectivity index (χ2v) is 10.1. The monoisotopic (exact) mass is 604 g/mol. The van der Waals surface area contributed by atoms with E-state index in [0.717, 1.165) is 32.5 Å². The number of aromatic nitrogens is 4. The minimum absolute atomic E-state index is 0.222. The Morgan fingerprint density at radius 1 is 0.927 bits per heavy atom. The first-order chi connectivity index (χ1) is 20.0. The zero-order chi connectivity index (χ0) is 28.3. The summed E-state index contributed by atoms with van der Waals surface area (Å²) in [7, 11) is 1.54. The number of hydrogen-bond donors (Lipinski definition) is 2. The largest absolute Gasteiger partial charge is 0.495 e. The highest BCUT2D eigenvalue weighted by atomic mass is 79.9. The lowest BCUT2D eigenvalue weighted by Gasteiger charge is -2.13. The third kappa shape index (κ3) is 5.15. The van der Waals surface area contributed by atoms with Gasteiger partial charge in [0.05, 0.1) is 28.4 Å². The number of nitrogens with zero attached hydrogens (tertiary/aromatic N) is 4. The molecule has 8 nitrogen and oxygen atoms in total. The molecule has 3 aromatic carbocycles. The number of imidazole rings is 1. The Morgan fingerprint density at radius 3 is 2.49 bits per heavy atom. The fourth-order valence-electron chi connectivity index (χ4n) is 4.69. The van der Waals surface area contributed by atoms with Crippen molar-refractivity contribution >= 4 is 38.8 Å². The van der Waals surface area contributed by atoms with Crippen LogP contribution < -0.4 is 15.8 Å². The molecule has 0 unspecified atom stereocenters. The average Bonchev–Trinajstić information content (AvgIpc) is 3.39. The standard InChI is InChI=1S/C32H25BrN6O2/c1-41-28-23(9-5-11-25(28)33)32(40)36-19-20-12-14-22(15-13-20)39-30(24-10-6-18-35-29(24)34)38-27-17-16-26(37-31(27)39)21-7-3-2-4-8-21/h2-18H,19H2,1H3,(H2,34,35)(H,36,40). The van der Waals surface area contributed by atoms with Crippen LogP contribution in [0.4, 0.5) is 5.82 Å². The molecule has 0 atom stereocenters. The van der Waals surface area contributed by atoms with Gasteiger partial charge in [0, 0.05) is 24.0 Å². The van der Waals surface area contributed by atoms with Gasteiger partial charge in [0.25, 0.3) is 5.91 Å². The molecule has 0 aliphatic rings. The quantitative estimate of drug-likeness (QED) is 0.217. The first-order valence-electron chi connectivity index (χ1n) is 12.9. The van der Waals surface area contributed by atoms with Crippen molar-refractivity contribution in [3.05, 3.63) is 119 Å². The summed E-state index contributed by atoms with van der Waals surface area (Å²) in [6, 6.07) is 31.0. The van der Waals surface area contributed by atoms with Crippen molar-refractivity contribution in [2.75, 3.05) is 12.8 Å². The second kappa shape index (κ2) is 11.2. The van der Waals surface area contributed by atoms with E-state index in [-0.39, 0.29) is 5.91 Å². The number of nitrogens with two attached hydrogens (primary N) is 1. The van der Waals surface area contributed by atoms with Crippen molar-refractivity contribution in [3.63, 3.8) is 0 Å². The van der Waals surface area contributed by atoms with Crippen LogP contribution in [-0.2, 0) is 6.54 Å². The molecule has 202 valence electrons. The lowest BCUT2D eigenvalue weighted by molar-refractivity contribution is 0.0947. The molecule has 6 rings (SSSR count). The van der Waals surface area contributed by atoms with Gasteiger partial charge in [0.15, 0.2) is 11.5 Å². The molecule has 9 heteroatoms. The fraction of sp³-hybridized carbons (Fsp3) is 0.0625. The van der Waals surface area contributed by atoms with E-state index in [2.05, 4.69) is 26.2 Å². The molecule has 0 spiro atoms. The molecule has 0 fully saturated rings. The number of anilines is 1. The number of amides is 1. The van der Waals surface area contributed by atoms with Crippen LogP contribution in [0.2, 0.25) is 0 Å². The highest BCUT2D eigenvalue weighted by Crippen LogP contribution is 2.32. The smallest absolute Gasteiger partial charge is 0.255 e. The van der Waals surface area contributed by atoms with Gasteiger partial charge in [-0.1, -0.05) is 48.5 Å². The Labute approximate surface area is 245 Å².